The molecule has 0 spiro atoms. The van der Waals surface area contributed by atoms with E-state index in [0.717, 1.165) is 11.5 Å². The zero-order chi connectivity index (χ0) is 11.5. The Labute approximate surface area is 97.9 Å². The van der Waals surface area contributed by atoms with Gasteiger partial charge in [-0.15, -0.1) is 0 Å². The Bertz CT molecular complexity index is 197. The van der Waals surface area contributed by atoms with Crippen molar-refractivity contribution in [1.29, 1.82) is 0 Å². The predicted molar refractivity (Wildman–Crippen MR) is 62.8 cm³/mol. The first kappa shape index (κ1) is 14.6. The molecule has 0 amide bonds. The molecule has 0 unspecified atom stereocenters. The highest BCUT2D eigenvalue weighted by Gasteiger charge is 1.98. The number of carbonyl (C=O) groups is 2. The lowest BCUT2D eigenvalue weighted by molar-refractivity contribution is -0.142. The average Bonchev–Trinajstić information content (AvgIpc) is 2.21. The van der Waals surface area contributed by atoms with Crippen LogP contribution in [0.25, 0.3) is 0 Å². The quantitative estimate of drug-likeness (QED) is 0.373. The van der Waals surface area contributed by atoms with E-state index in [1.807, 2.05) is 0 Å². The third kappa shape index (κ3) is 11.6. The molecule has 0 saturated carbocycles. The number of carbonyl (C=O) groups excluding carboxylic acids is 2. The summed E-state index contributed by atoms with van der Waals surface area (Å²) in [7, 11) is 3.21. The zero-order valence-corrected chi connectivity index (χ0v) is 10.6. The van der Waals surface area contributed by atoms with E-state index in [1.165, 1.54) is 6.92 Å². The lowest BCUT2D eigenvalue weighted by atomic mass is 10.5. The molecule has 0 fully saturated rings. The van der Waals surface area contributed by atoms with Gasteiger partial charge in [-0.05, 0) is 0 Å². The third-order valence-electron chi connectivity index (χ3n) is 1.27. The Morgan fingerprint density at radius 3 is 2.07 bits per heavy atom. The molecule has 0 radical (unpaired) electrons. The van der Waals surface area contributed by atoms with Crippen molar-refractivity contribution >= 4 is 33.5 Å². The van der Waals surface area contributed by atoms with Crippen LogP contribution in [-0.2, 0) is 19.1 Å². The van der Waals surface area contributed by atoms with Gasteiger partial charge in [0.15, 0.2) is 0 Å². The SMILES string of the molecule is CCC(=O)OCCSSCCOC(C)=O. The highest BCUT2D eigenvalue weighted by Crippen LogP contribution is 2.20. The van der Waals surface area contributed by atoms with Crippen molar-refractivity contribution < 1.29 is 19.1 Å². The molecule has 0 bridgehead atoms. The number of hydrogen-bond acceptors (Lipinski definition) is 6. The van der Waals surface area contributed by atoms with Crippen LogP contribution < -0.4 is 0 Å². The molecule has 0 N–H and O–H groups in total. The van der Waals surface area contributed by atoms with Gasteiger partial charge in [0, 0.05) is 24.9 Å². The van der Waals surface area contributed by atoms with Gasteiger partial charge < -0.3 is 9.47 Å². The number of rotatable bonds is 8. The average molecular weight is 252 g/mol. The summed E-state index contributed by atoms with van der Waals surface area (Å²) in [6.07, 6.45) is 0.421. The fraction of sp³-hybridized carbons (Fsp3) is 0.778. The monoisotopic (exact) mass is 252 g/mol. The first-order chi connectivity index (χ1) is 7.16. The molecule has 0 aromatic heterocycles. The minimum Gasteiger partial charge on any atom is -0.465 e. The van der Waals surface area contributed by atoms with E-state index in [2.05, 4.69) is 0 Å². The summed E-state index contributed by atoms with van der Waals surface area (Å²) in [5.74, 6) is 1.10. The van der Waals surface area contributed by atoms with E-state index in [1.54, 1.807) is 28.5 Å². The Kier molecular flexibility index (Phi) is 9.92. The van der Waals surface area contributed by atoms with E-state index in [-0.39, 0.29) is 11.9 Å². The van der Waals surface area contributed by atoms with Crippen molar-refractivity contribution in [1.82, 2.24) is 0 Å². The normalized spacial score (nSPS) is 9.73. The molecule has 0 aliphatic carbocycles. The maximum absolute atomic E-state index is 10.7. The Balaban J connectivity index is 3.05. The molecule has 0 atom stereocenters. The highest BCUT2D eigenvalue weighted by atomic mass is 33.1. The van der Waals surface area contributed by atoms with Gasteiger partial charge >= 0.3 is 11.9 Å². The van der Waals surface area contributed by atoms with E-state index >= 15 is 0 Å². The minimum absolute atomic E-state index is 0.166. The summed E-state index contributed by atoms with van der Waals surface area (Å²) >= 11 is 0. The molecule has 15 heavy (non-hydrogen) atoms. The van der Waals surface area contributed by atoms with Crippen LogP contribution in [-0.4, -0.2) is 36.7 Å². The van der Waals surface area contributed by atoms with Crippen molar-refractivity contribution in [3.05, 3.63) is 0 Å². The van der Waals surface area contributed by atoms with Gasteiger partial charge in [0.25, 0.3) is 0 Å². The van der Waals surface area contributed by atoms with E-state index in [4.69, 9.17) is 9.47 Å². The summed E-state index contributed by atoms with van der Waals surface area (Å²) in [6, 6.07) is 0. The first-order valence-corrected chi connectivity index (χ1v) is 7.19. The molecule has 0 rings (SSSR count). The van der Waals surface area contributed by atoms with E-state index in [9.17, 15) is 9.59 Å². The third-order valence-corrected chi connectivity index (χ3v) is 3.61. The minimum atomic E-state index is -0.252. The van der Waals surface area contributed by atoms with Crippen molar-refractivity contribution in [3.63, 3.8) is 0 Å². The second-order valence-electron chi connectivity index (χ2n) is 2.56. The lowest BCUT2D eigenvalue weighted by Crippen LogP contribution is -2.05. The second-order valence-corrected chi connectivity index (χ2v) is 5.26. The van der Waals surface area contributed by atoms with Crippen LogP contribution >= 0.6 is 21.6 Å². The number of ether oxygens (including phenoxy) is 2. The summed E-state index contributed by atoms with van der Waals surface area (Å²) in [5, 5.41) is 0. The van der Waals surface area contributed by atoms with Gasteiger partial charge in [-0.25, -0.2) is 0 Å². The molecule has 0 aromatic carbocycles. The van der Waals surface area contributed by atoms with Crippen LogP contribution in [0, 0.1) is 0 Å². The zero-order valence-electron chi connectivity index (χ0n) is 8.99. The number of hydrogen-bond donors (Lipinski definition) is 0. The maximum atomic E-state index is 10.7. The van der Waals surface area contributed by atoms with Crippen molar-refractivity contribution in [2.24, 2.45) is 0 Å². The molecule has 6 heteroatoms. The number of esters is 2. The molecule has 0 aliphatic heterocycles. The van der Waals surface area contributed by atoms with E-state index < -0.39 is 0 Å². The maximum Gasteiger partial charge on any atom is 0.305 e. The van der Waals surface area contributed by atoms with E-state index in [0.29, 0.717) is 19.6 Å². The highest BCUT2D eigenvalue weighted by molar-refractivity contribution is 8.76. The molecular weight excluding hydrogens is 236 g/mol. The van der Waals surface area contributed by atoms with Gasteiger partial charge in [-0.3, -0.25) is 9.59 Å². The summed E-state index contributed by atoms with van der Waals surface area (Å²) in [5.41, 5.74) is 0. The van der Waals surface area contributed by atoms with Gasteiger partial charge in [0.1, 0.15) is 13.2 Å². The Hall–Kier alpha value is -0.360. The van der Waals surface area contributed by atoms with Crippen LogP contribution in [0.5, 0.6) is 0 Å². The molecule has 88 valence electrons. The van der Waals surface area contributed by atoms with Crippen LogP contribution in [0.1, 0.15) is 20.3 Å². The van der Waals surface area contributed by atoms with Crippen molar-refractivity contribution in [3.8, 4) is 0 Å². The van der Waals surface area contributed by atoms with Crippen LogP contribution in [0.3, 0.4) is 0 Å². The summed E-state index contributed by atoms with van der Waals surface area (Å²) in [6.45, 7) is 4.03. The van der Waals surface area contributed by atoms with Crippen LogP contribution in [0.4, 0.5) is 0 Å². The van der Waals surface area contributed by atoms with Gasteiger partial charge in [0.05, 0.1) is 0 Å². The Morgan fingerprint density at radius 1 is 1.07 bits per heavy atom. The molecule has 0 saturated heterocycles. The standard InChI is InChI=1S/C9H16O4S2/c1-3-9(11)13-5-7-15-14-6-4-12-8(2)10/h3-7H2,1-2H3. The summed E-state index contributed by atoms with van der Waals surface area (Å²) in [4.78, 5) is 21.1. The van der Waals surface area contributed by atoms with Crippen LogP contribution in [0.15, 0.2) is 0 Å². The van der Waals surface area contributed by atoms with Gasteiger partial charge in [-0.2, -0.15) is 0 Å². The summed E-state index contributed by atoms with van der Waals surface area (Å²) < 4.78 is 9.62. The second kappa shape index (κ2) is 10.2. The molecule has 0 aromatic rings. The van der Waals surface area contributed by atoms with Crippen molar-refractivity contribution in [2.75, 3.05) is 24.7 Å². The smallest absolute Gasteiger partial charge is 0.305 e. The van der Waals surface area contributed by atoms with Crippen molar-refractivity contribution in [2.45, 2.75) is 20.3 Å². The largest absolute Gasteiger partial charge is 0.465 e. The predicted octanol–water partition coefficient (Wildman–Crippen LogP) is 1.88. The fourth-order valence-corrected chi connectivity index (χ4v) is 2.28. The molecule has 0 aliphatic rings. The Morgan fingerprint density at radius 2 is 1.60 bits per heavy atom. The van der Waals surface area contributed by atoms with Gasteiger partial charge in [0.2, 0.25) is 0 Å². The molecule has 4 nitrogen and oxygen atoms in total. The van der Waals surface area contributed by atoms with Gasteiger partial charge in [-0.1, -0.05) is 28.5 Å². The molecular formula is C9H16O4S2. The van der Waals surface area contributed by atoms with Crippen LogP contribution in [0.2, 0.25) is 0 Å². The topological polar surface area (TPSA) is 52.6 Å². The molecule has 0 heterocycles. The fourth-order valence-electron chi connectivity index (χ4n) is 0.629. The lowest BCUT2D eigenvalue weighted by Gasteiger charge is -2.03. The first-order valence-electron chi connectivity index (χ1n) is 4.70.